The van der Waals surface area contributed by atoms with E-state index in [1.807, 2.05) is 6.92 Å². The topological polar surface area (TPSA) is 12.5 Å². The number of hydrogen-bond donors (Lipinski definition) is 0. The predicted octanol–water partition coefficient (Wildman–Crippen LogP) is 1.84. The zero-order valence-electron chi connectivity index (χ0n) is 7.51. The van der Waals surface area contributed by atoms with Gasteiger partial charge in [-0.1, -0.05) is 0 Å². The summed E-state index contributed by atoms with van der Waals surface area (Å²) in [5, 5.41) is 0. The highest BCUT2D eigenvalue weighted by Gasteiger charge is 2.19. The first kappa shape index (κ1) is 8.35. The van der Waals surface area contributed by atoms with Gasteiger partial charge in [-0.15, -0.1) is 0 Å². The lowest BCUT2D eigenvalue weighted by Gasteiger charge is -2.30. The fourth-order valence-electron chi connectivity index (χ4n) is 1.53. The quantitative estimate of drug-likeness (QED) is 0.654. The first-order valence-electron chi connectivity index (χ1n) is 4.40. The van der Waals surface area contributed by atoms with Crippen LogP contribution >= 0.6 is 0 Å². The molecule has 0 spiro atoms. The zero-order chi connectivity index (χ0) is 9.26. The molecule has 0 aromatic heterocycles. The summed E-state index contributed by atoms with van der Waals surface area (Å²) < 4.78 is 18.4. The largest absolute Gasteiger partial charge is 0.486 e. The first-order chi connectivity index (χ1) is 6.33. The zero-order valence-corrected chi connectivity index (χ0v) is 7.51. The SMILES string of the molecule is CCN1CCOc2c(F)c[c]cc21. The third-order valence-corrected chi connectivity index (χ3v) is 2.21. The van der Waals surface area contributed by atoms with Crippen LogP contribution in [-0.2, 0) is 0 Å². The minimum atomic E-state index is -0.323. The molecule has 1 aromatic carbocycles. The van der Waals surface area contributed by atoms with E-state index in [-0.39, 0.29) is 5.82 Å². The van der Waals surface area contributed by atoms with E-state index in [0.29, 0.717) is 12.4 Å². The molecule has 0 fully saturated rings. The molecule has 0 saturated heterocycles. The van der Waals surface area contributed by atoms with Gasteiger partial charge in [0.15, 0.2) is 11.6 Å². The van der Waals surface area contributed by atoms with E-state index in [1.54, 1.807) is 6.07 Å². The summed E-state index contributed by atoms with van der Waals surface area (Å²) in [6, 6.07) is 5.82. The lowest BCUT2D eigenvalue weighted by molar-refractivity contribution is 0.292. The highest BCUT2D eigenvalue weighted by Crippen LogP contribution is 2.33. The van der Waals surface area contributed by atoms with Gasteiger partial charge in [0, 0.05) is 6.54 Å². The van der Waals surface area contributed by atoms with Crippen molar-refractivity contribution in [2.24, 2.45) is 0 Å². The molecule has 0 atom stereocenters. The van der Waals surface area contributed by atoms with Gasteiger partial charge < -0.3 is 9.64 Å². The van der Waals surface area contributed by atoms with Gasteiger partial charge in [0.05, 0.1) is 12.2 Å². The number of hydrogen-bond acceptors (Lipinski definition) is 2. The highest BCUT2D eigenvalue weighted by molar-refractivity contribution is 5.59. The molecule has 0 aliphatic carbocycles. The third-order valence-electron chi connectivity index (χ3n) is 2.21. The van der Waals surface area contributed by atoms with Crippen molar-refractivity contribution in [2.45, 2.75) is 6.92 Å². The van der Waals surface area contributed by atoms with Gasteiger partial charge in [0.25, 0.3) is 0 Å². The molecule has 0 saturated carbocycles. The van der Waals surface area contributed by atoms with Crippen molar-refractivity contribution in [3.8, 4) is 5.75 Å². The summed E-state index contributed by atoms with van der Waals surface area (Å²) in [5.41, 5.74) is 0.814. The monoisotopic (exact) mass is 180 g/mol. The Morgan fingerprint density at radius 1 is 1.62 bits per heavy atom. The molecule has 1 heterocycles. The van der Waals surface area contributed by atoms with Crippen molar-refractivity contribution < 1.29 is 9.13 Å². The van der Waals surface area contributed by atoms with E-state index in [4.69, 9.17) is 4.74 Å². The summed E-state index contributed by atoms with van der Waals surface area (Å²) in [4.78, 5) is 2.08. The minimum Gasteiger partial charge on any atom is -0.486 e. The molecule has 1 aliphatic rings. The summed E-state index contributed by atoms with van der Waals surface area (Å²) in [7, 11) is 0. The summed E-state index contributed by atoms with van der Waals surface area (Å²) in [6.45, 7) is 4.29. The van der Waals surface area contributed by atoms with Crippen LogP contribution in [0.15, 0.2) is 12.1 Å². The number of anilines is 1. The maximum absolute atomic E-state index is 13.2. The van der Waals surface area contributed by atoms with Crippen LogP contribution < -0.4 is 9.64 Å². The van der Waals surface area contributed by atoms with Crippen LogP contribution in [-0.4, -0.2) is 19.7 Å². The molecule has 0 unspecified atom stereocenters. The standard InChI is InChI=1S/C10H11FNO/c1-2-12-6-7-13-10-8(11)4-3-5-9(10)12/h4-5H,2,6-7H2,1H3. The van der Waals surface area contributed by atoms with Gasteiger partial charge in [-0.3, -0.25) is 0 Å². The molecular weight excluding hydrogens is 169 g/mol. The van der Waals surface area contributed by atoms with Gasteiger partial charge >= 0.3 is 0 Å². The van der Waals surface area contributed by atoms with Crippen molar-refractivity contribution in [1.82, 2.24) is 0 Å². The van der Waals surface area contributed by atoms with Gasteiger partial charge in [-0.05, 0) is 25.1 Å². The molecular formula is C10H11FNO. The van der Waals surface area contributed by atoms with Crippen molar-refractivity contribution in [2.75, 3.05) is 24.6 Å². The Kier molecular flexibility index (Phi) is 2.08. The van der Waals surface area contributed by atoms with Gasteiger partial charge in [-0.25, -0.2) is 4.39 Å². The number of nitrogens with zero attached hydrogens (tertiary/aromatic N) is 1. The van der Waals surface area contributed by atoms with Crippen LogP contribution in [0.3, 0.4) is 0 Å². The van der Waals surface area contributed by atoms with E-state index in [9.17, 15) is 4.39 Å². The predicted molar refractivity (Wildman–Crippen MR) is 48.6 cm³/mol. The van der Waals surface area contributed by atoms with Crippen molar-refractivity contribution in [3.05, 3.63) is 24.0 Å². The maximum Gasteiger partial charge on any atom is 0.178 e. The average molecular weight is 180 g/mol. The van der Waals surface area contributed by atoms with Crippen LogP contribution in [0.5, 0.6) is 5.75 Å². The fourth-order valence-corrected chi connectivity index (χ4v) is 1.53. The molecule has 13 heavy (non-hydrogen) atoms. The minimum absolute atomic E-state index is 0.323. The second kappa shape index (κ2) is 3.24. The maximum atomic E-state index is 13.2. The van der Waals surface area contributed by atoms with Gasteiger partial charge in [0.2, 0.25) is 0 Å². The fraction of sp³-hybridized carbons (Fsp3) is 0.400. The van der Waals surface area contributed by atoms with Crippen LogP contribution in [0.1, 0.15) is 6.92 Å². The second-order valence-electron chi connectivity index (χ2n) is 2.95. The summed E-state index contributed by atoms with van der Waals surface area (Å²) in [5.74, 6) is 0.0440. The molecule has 2 rings (SSSR count). The Balaban J connectivity index is 2.45. The van der Waals surface area contributed by atoms with Crippen LogP contribution in [0, 0.1) is 11.9 Å². The van der Waals surface area contributed by atoms with E-state index in [2.05, 4.69) is 11.0 Å². The van der Waals surface area contributed by atoms with Crippen molar-refractivity contribution in [3.63, 3.8) is 0 Å². The lowest BCUT2D eigenvalue weighted by atomic mass is 10.2. The summed E-state index contributed by atoms with van der Waals surface area (Å²) >= 11 is 0. The number of likely N-dealkylation sites (N-methyl/N-ethyl adjacent to an activating group) is 1. The molecule has 1 aliphatic heterocycles. The van der Waals surface area contributed by atoms with E-state index >= 15 is 0 Å². The first-order valence-corrected chi connectivity index (χ1v) is 4.40. The van der Waals surface area contributed by atoms with Crippen LogP contribution in [0.4, 0.5) is 10.1 Å². The molecule has 1 radical (unpaired) electrons. The second-order valence-corrected chi connectivity index (χ2v) is 2.95. The summed E-state index contributed by atoms with van der Waals surface area (Å²) in [6.07, 6.45) is 0. The molecule has 0 bridgehead atoms. The van der Waals surface area contributed by atoms with Crippen LogP contribution in [0.25, 0.3) is 0 Å². The average Bonchev–Trinajstić information content (AvgIpc) is 2.18. The Morgan fingerprint density at radius 3 is 3.23 bits per heavy atom. The Hall–Kier alpha value is -1.25. The Morgan fingerprint density at radius 2 is 2.46 bits per heavy atom. The number of fused-ring (bicyclic) bond motifs is 1. The Labute approximate surface area is 76.9 Å². The Bertz CT molecular complexity index is 314. The number of rotatable bonds is 1. The normalized spacial score (nSPS) is 15.1. The van der Waals surface area contributed by atoms with Crippen molar-refractivity contribution >= 4 is 5.69 Å². The number of ether oxygens (including phenoxy) is 1. The van der Waals surface area contributed by atoms with E-state index in [0.717, 1.165) is 18.8 Å². The molecule has 3 heteroatoms. The molecule has 69 valence electrons. The number of halogens is 1. The number of benzene rings is 1. The molecule has 2 nitrogen and oxygen atoms in total. The molecule has 0 amide bonds. The van der Waals surface area contributed by atoms with E-state index in [1.165, 1.54) is 6.07 Å². The van der Waals surface area contributed by atoms with Gasteiger partial charge in [-0.2, -0.15) is 0 Å². The van der Waals surface area contributed by atoms with Crippen LogP contribution in [0.2, 0.25) is 0 Å². The molecule has 1 aromatic rings. The van der Waals surface area contributed by atoms with Crippen molar-refractivity contribution in [1.29, 1.82) is 0 Å². The lowest BCUT2D eigenvalue weighted by Crippen LogP contribution is -2.32. The smallest absolute Gasteiger partial charge is 0.178 e. The van der Waals surface area contributed by atoms with E-state index < -0.39 is 0 Å². The van der Waals surface area contributed by atoms with Gasteiger partial charge in [0.1, 0.15) is 6.61 Å². The molecule has 0 N–H and O–H groups in total. The third kappa shape index (κ3) is 1.34. The highest BCUT2D eigenvalue weighted by atomic mass is 19.1.